The van der Waals surface area contributed by atoms with Gasteiger partial charge in [0, 0.05) is 6.42 Å². The maximum atomic E-state index is 13.5. The smallest absolute Gasteiger partial charge is 0.267 e. The van der Waals surface area contributed by atoms with E-state index in [0.29, 0.717) is 30.8 Å². The van der Waals surface area contributed by atoms with E-state index < -0.39 is 30.0 Å². The molecule has 1 atom stereocenters. The lowest BCUT2D eigenvalue weighted by Gasteiger charge is -2.36. The van der Waals surface area contributed by atoms with Gasteiger partial charge in [-0.2, -0.15) is 0 Å². The number of nitrogens with zero attached hydrogens (tertiary/aromatic N) is 1. The normalized spacial score (nSPS) is 20.3. The third-order valence-electron chi connectivity index (χ3n) is 6.70. The summed E-state index contributed by atoms with van der Waals surface area (Å²) in [5.74, 6) is -0.188. The highest BCUT2D eigenvalue weighted by Crippen LogP contribution is 2.42. The Balaban J connectivity index is 2.04. The minimum absolute atomic E-state index is 0.0356. The fraction of sp³-hybridized carbons (Fsp3) is 0.545. The molecule has 1 aromatic carbocycles. The molecule has 6 nitrogen and oxygen atoms in total. The number of rotatable bonds is 5. The molecule has 0 saturated heterocycles. The number of aryl methyl sites for hydroxylation is 1. The summed E-state index contributed by atoms with van der Waals surface area (Å²) < 4.78 is 33.6. The molecule has 8 heteroatoms. The molecule has 0 N–H and O–H groups in total. The van der Waals surface area contributed by atoms with Gasteiger partial charge in [0.2, 0.25) is 0 Å². The molecule has 0 spiro atoms. The summed E-state index contributed by atoms with van der Waals surface area (Å²) in [6.07, 6.45) is 1.09. The van der Waals surface area contributed by atoms with Crippen LogP contribution in [0.3, 0.4) is 0 Å². The van der Waals surface area contributed by atoms with Crippen molar-refractivity contribution in [3.05, 3.63) is 41.2 Å². The fourth-order valence-corrected chi connectivity index (χ4v) is 6.74. The van der Waals surface area contributed by atoms with Crippen molar-refractivity contribution in [3.63, 3.8) is 0 Å². The molecule has 0 bridgehead atoms. The van der Waals surface area contributed by atoms with Gasteiger partial charge in [0.1, 0.15) is 25.3 Å². The van der Waals surface area contributed by atoms with E-state index in [9.17, 15) is 18.0 Å². The molecule has 3 rings (SSSR count). The number of carbonyl (C=O) groups is 2. The number of amides is 1. The van der Waals surface area contributed by atoms with Crippen molar-refractivity contribution < 1.29 is 22.7 Å². The molecule has 0 fully saturated rings. The summed E-state index contributed by atoms with van der Waals surface area (Å²) in [5.41, 5.74) is 1.32. The fourth-order valence-electron chi connectivity index (χ4n) is 3.66. The Bertz CT molecular complexity index is 1000. The first-order valence-electron chi connectivity index (χ1n) is 10.3. The third-order valence-corrected chi connectivity index (χ3v) is 13.9. The van der Waals surface area contributed by atoms with Gasteiger partial charge < -0.3 is 9.53 Å². The van der Waals surface area contributed by atoms with Crippen LogP contribution in [0.25, 0.3) is 0 Å². The predicted octanol–water partition coefficient (Wildman–Crippen LogP) is 3.97. The van der Waals surface area contributed by atoms with E-state index in [0.717, 1.165) is 9.87 Å². The summed E-state index contributed by atoms with van der Waals surface area (Å²) >= 11 is 0. The highest BCUT2D eigenvalue weighted by molar-refractivity contribution is 7.89. The Morgan fingerprint density at radius 1 is 1.20 bits per heavy atom. The molecule has 0 aliphatic carbocycles. The quantitative estimate of drug-likeness (QED) is 0.636. The summed E-state index contributed by atoms with van der Waals surface area (Å²) in [6.45, 7) is 12.4. The molecule has 1 aromatic rings. The Hall–Kier alpha value is -1.93. The van der Waals surface area contributed by atoms with Gasteiger partial charge in [-0.1, -0.05) is 51.6 Å². The van der Waals surface area contributed by atoms with Gasteiger partial charge in [0.25, 0.3) is 15.9 Å². The van der Waals surface area contributed by atoms with E-state index in [1.54, 1.807) is 12.1 Å². The van der Waals surface area contributed by atoms with Gasteiger partial charge in [-0.3, -0.25) is 4.79 Å². The van der Waals surface area contributed by atoms with E-state index in [4.69, 9.17) is 4.74 Å². The van der Waals surface area contributed by atoms with E-state index in [-0.39, 0.29) is 21.8 Å². The van der Waals surface area contributed by atoms with Crippen LogP contribution in [0.5, 0.6) is 0 Å². The number of hydrogen-bond acceptors (Lipinski definition) is 5. The van der Waals surface area contributed by atoms with Crippen molar-refractivity contribution in [3.8, 4) is 0 Å². The third kappa shape index (κ3) is 3.75. The van der Waals surface area contributed by atoms with Crippen molar-refractivity contribution in [2.24, 2.45) is 0 Å². The summed E-state index contributed by atoms with van der Waals surface area (Å²) in [6, 6.07) is 5.51. The zero-order chi connectivity index (χ0) is 22.5. The molecule has 2 aliphatic heterocycles. The van der Waals surface area contributed by atoms with Gasteiger partial charge in [0.15, 0.2) is 0 Å². The van der Waals surface area contributed by atoms with Crippen LogP contribution in [0.2, 0.25) is 18.1 Å². The Morgan fingerprint density at radius 3 is 2.37 bits per heavy atom. The first-order valence-corrected chi connectivity index (χ1v) is 14.8. The van der Waals surface area contributed by atoms with Crippen LogP contribution >= 0.6 is 0 Å². The van der Waals surface area contributed by atoms with Crippen LogP contribution in [0.15, 0.2) is 40.5 Å². The van der Waals surface area contributed by atoms with Crippen LogP contribution in [-0.4, -0.2) is 44.8 Å². The lowest BCUT2D eigenvalue weighted by Crippen LogP contribution is -2.50. The van der Waals surface area contributed by atoms with Crippen molar-refractivity contribution in [1.29, 1.82) is 0 Å². The lowest BCUT2D eigenvalue weighted by atomic mass is 10.1. The largest absolute Gasteiger partial charge is 0.495 e. The van der Waals surface area contributed by atoms with Crippen molar-refractivity contribution in [2.45, 2.75) is 76.0 Å². The highest BCUT2D eigenvalue weighted by Gasteiger charge is 2.51. The number of sulfonamides is 1. The summed E-state index contributed by atoms with van der Waals surface area (Å²) in [5, 5.41) is -0.141. The first kappa shape index (κ1) is 22.7. The zero-order valence-corrected chi connectivity index (χ0v) is 20.4. The average molecular weight is 450 g/mol. The molecule has 2 aliphatic rings. The van der Waals surface area contributed by atoms with Crippen molar-refractivity contribution in [2.75, 3.05) is 6.61 Å². The van der Waals surface area contributed by atoms with Crippen molar-refractivity contribution in [1.82, 2.24) is 4.31 Å². The van der Waals surface area contributed by atoms with Crippen LogP contribution < -0.4 is 0 Å². The van der Waals surface area contributed by atoms with Crippen molar-refractivity contribution >= 4 is 29.4 Å². The lowest BCUT2D eigenvalue weighted by molar-refractivity contribution is -0.122. The minimum Gasteiger partial charge on any atom is -0.495 e. The monoisotopic (exact) mass is 449 g/mol. The first-order chi connectivity index (χ1) is 13.8. The highest BCUT2D eigenvalue weighted by atomic mass is 32.2. The molecule has 0 radical (unpaired) electrons. The van der Waals surface area contributed by atoms with Crippen LogP contribution in [0.4, 0.5) is 0 Å². The molecule has 2 heterocycles. The maximum Gasteiger partial charge on any atom is 0.267 e. The second kappa shape index (κ2) is 7.64. The Labute approximate surface area is 180 Å². The molecule has 1 amide bonds. The van der Waals surface area contributed by atoms with Crippen LogP contribution in [0.1, 0.15) is 45.6 Å². The molecule has 0 saturated carbocycles. The van der Waals surface area contributed by atoms with E-state index in [2.05, 4.69) is 0 Å². The number of ether oxygens (including phenoxy) is 1. The second-order valence-electron chi connectivity index (χ2n) is 9.73. The molecule has 1 unspecified atom stereocenters. The van der Waals surface area contributed by atoms with Gasteiger partial charge in [-0.25, -0.2) is 12.7 Å². The van der Waals surface area contributed by atoms with E-state index >= 15 is 0 Å². The number of hydrogen-bond donors (Lipinski definition) is 0. The minimum atomic E-state index is -4.11. The van der Waals surface area contributed by atoms with Gasteiger partial charge in [-0.05, 0) is 36.9 Å². The topological polar surface area (TPSA) is 80.8 Å². The summed E-state index contributed by atoms with van der Waals surface area (Å²) in [7, 11) is -6.49. The number of benzene rings is 1. The Morgan fingerprint density at radius 2 is 1.80 bits per heavy atom. The molecular formula is C22H31NO5SSi. The Kier molecular flexibility index (Phi) is 5.79. The standard InChI is InChI=1S/C22H31NO5SSi/c1-15-9-11-16(12-10-15)29(26,27)23-18(14-19(24)30(5,6)22(2,3)4)20-17(21(23)25)8-7-13-28-20/h9-12,18H,7-8,13-14H2,1-6H3. The van der Waals surface area contributed by atoms with E-state index in [1.807, 2.05) is 40.8 Å². The van der Waals surface area contributed by atoms with Gasteiger partial charge in [0.05, 0.1) is 17.1 Å². The molecule has 30 heavy (non-hydrogen) atoms. The average Bonchev–Trinajstić information content (AvgIpc) is 2.94. The molecular weight excluding hydrogens is 418 g/mol. The SMILES string of the molecule is Cc1ccc(S(=O)(=O)N2C(=O)C3=C(OCCC3)C2CC(=O)[Si](C)(C)C(C)(C)C)cc1. The van der Waals surface area contributed by atoms with Crippen LogP contribution in [0, 0.1) is 6.92 Å². The maximum absolute atomic E-state index is 13.5. The van der Waals surface area contributed by atoms with Crippen LogP contribution in [-0.2, 0) is 24.3 Å². The zero-order valence-electron chi connectivity index (χ0n) is 18.6. The summed E-state index contributed by atoms with van der Waals surface area (Å²) in [4.78, 5) is 26.6. The van der Waals surface area contributed by atoms with E-state index in [1.165, 1.54) is 12.1 Å². The van der Waals surface area contributed by atoms with Gasteiger partial charge >= 0.3 is 0 Å². The van der Waals surface area contributed by atoms with Gasteiger partial charge in [-0.15, -0.1) is 0 Å². The molecule has 164 valence electrons. The second-order valence-corrected chi connectivity index (χ2v) is 16.9. The predicted molar refractivity (Wildman–Crippen MR) is 118 cm³/mol. The molecule has 0 aromatic heterocycles. The number of carbonyl (C=O) groups excluding carboxylic acids is 2.